The molecule has 0 saturated heterocycles. The Morgan fingerprint density at radius 1 is 1.06 bits per heavy atom. The number of ether oxygens (including phenoxy) is 3. The zero-order valence-electron chi connectivity index (χ0n) is 10.6. The molecule has 0 aliphatic carbocycles. The molecule has 0 amide bonds. The number of nitrogens with zero attached hydrogens (tertiary/aromatic N) is 1. The van der Waals surface area contributed by atoms with Gasteiger partial charge in [-0.1, -0.05) is 15.9 Å². The molecule has 0 aromatic carbocycles. The van der Waals surface area contributed by atoms with E-state index >= 15 is 0 Å². The maximum atomic E-state index is 5.46. The molecule has 4 nitrogen and oxygen atoms in total. The van der Waals surface area contributed by atoms with Gasteiger partial charge in [0.25, 0.3) is 0 Å². The maximum Gasteiger partial charge on any atom is 0.0701 e. The first-order valence-corrected chi connectivity index (χ1v) is 6.75. The van der Waals surface area contributed by atoms with Gasteiger partial charge in [0.2, 0.25) is 0 Å². The lowest BCUT2D eigenvalue weighted by Gasteiger charge is -2.22. The van der Waals surface area contributed by atoms with E-state index in [1.54, 1.807) is 7.11 Å². The standard InChI is InChI=1S/C11H24BrNO3/c1-11(10-12)13(2)4-5-15-8-9-16-7-6-14-3/h11H,4-10H2,1-3H3. The molecule has 0 aliphatic heterocycles. The Morgan fingerprint density at radius 2 is 1.62 bits per heavy atom. The van der Waals surface area contributed by atoms with Crippen molar-refractivity contribution < 1.29 is 14.2 Å². The molecule has 0 fully saturated rings. The Bertz CT molecular complexity index is 149. The van der Waals surface area contributed by atoms with Crippen LogP contribution in [0.4, 0.5) is 0 Å². The molecule has 0 aromatic heterocycles. The smallest absolute Gasteiger partial charge is 0.0701 e. The minimum Gasteiger partial charge on any atom is -0.382 e. The molecule has 5 heteroatoms. The van der Waals surface area contributed by atoms with Crippen LogP contribution in [0.2, 0.25) is 0 Å². The first-order chi connectivity index (χ1) is 7.72. The summed E-state index contributed by atoms with van der Waals surface area (Å²) in [6, 6.07) is 0.543. The van der Waals surface area contributed by atoms with Crippen LogP contribution in [0.25, 0.3) is 0 Å². The lowest BCUT2D eigenvalue weighted by molar-refractivity contribution is 0.0195. The topological polar surface area (TPSA) is 30.9 Å². The van der Waals surface area contributed by atoms with Crippen LogP contribution < -0.4 is 0 Å². The molecule has 16 heavy (non-hydrogen) atoms. The second-order valence-electron chi connectivity index (χ2n) is 3.70. The van der Waals surface area contributed by atoms with Gasteiger partial charge in [-0.15, -0.1) is 0 Å². The molecular formula is C11H24BrNO3. The summed E-state index contributed by atoms with van der Waals surface area (Å²) in [6.07, 6.45) is 0. The zero-order chi connectivity index (χ0) is 12.2. The van der Waals surface area contributed by atoms with Crippen LogP contribution in [0.5, 0.6) is 0 Å². The van der Waals surface area contributed by atoms with Crippen molar-refractivity contribution in [1.29, 1.82) is 0 Å². The van der Waals surface area contributed by atoms with Gasteiger partial charge in [0.1, 0.15) is 0 Å². The largest absolute Gasteiger partial charge is 0.382 e. The van der Waals surface area contributed by atoms with Crippen LogP contribution in [-0.4, -0.2) is 70.0 Å². The molecule has 98 valence electrons. The predicted molar refractivity (Wildman–Crippen MR) is 69.4 cm³/mol. The van der Waals surface area contributed by atoms with E-state index in [1.165, 1.54) is 0 Å². The van der Waals surface area contributed by atoms with Crippen molar-refractivity contribution in [3.05, 3.63) is 0 Å². The van der Waals surface area contributed by atoms with Gasteiger partial charge in [-0.3, -0.25) is 0 Å². The predicted octanol–water partition coefficient (Wildman–Crippen LogP) is 1.38. The normalized spacial score (nSPS) is 13.3. The van der Waals surface area contributed by atoms with E-state index in [0.29, 0.717) is 32.5 Å². The highest BCUT2D eigenvalue weighted by Crippen LogP contribution is 1.98. The van der Waals surface area contributed by atoms with E-state index < -0.39 is 0 Å². The minimum absolute atomic E-state index is 0.543. The van der Waals surface area contributed by atoms with Crippen molar-refractivity contribution >= 4 is 15.9 Å². The highest BCUT2D eigenvalue weighted by molar-refractivity contribution is 9.09. The van der Waals surface area contributed by atoms with E-state index in [4.69, 9.17) is 14.2 Å². The molecule has 0 N–H and O–H groups in total. The van der Waals surface area contributed by atoms with Gasteiger partial charge in [0, 0.05) is 25.0 Å². The van der Waals surface area contributed by atoms with Gasteiger partial charge in [-0.05, 0) is 14.0 Å². The van der Waals surface area contributed by atoms with Crippen LogP contribution in [0, 0.1) is 0 Å². The summed E-state index contributed by atoms with van der Waals surface area (Å²) in [7, 11) is 3.77. The molecule has 0 spiro atoms. The summed E-state index contributed by atoms with van der Waals surface area (Å²) in [5, 5.41) is 0.990. The fourth-order valence-corrected chi connectivity index (χ4v) is 1.51. The van der Waals surface area contributed by atoms with Gasteiger partial charge in [0.15, 0.2) is 0 Å². The van der Waals surface area contributed by atoms with Crippen LogP contribution in [-0.2, 0) is 14.2 Å². The fraction of sp³-hybridized carbons (Fsp3) is 1.00. The first kappa shape index (κ1) is 16.3. The summed E-state index contributed by atoms with van der Waals surface area (Å²) in [4.78, 5) is 2.26. The number of halogens is 1. The van der Waals surface area contributed by atoms with Gasteiger partial charge in [-0.25, -0.2) is 0 Å². The van der Waals surface area contributed by atoms with Gasteiger partial charge < -0.3 is 19.1 Å². The average molecular weight is 298 g/mol. The molecule has 0 aliphatic rings. The van der Waals surface area contributed by atoms with Crippen molar-refractivity contribution in [2.75, 3.05) is 59.1 Å². The van der Waals surface area contributed by atoms with Gasteiger partial charge in [-0.2, -0.15) is 0 Å². The summed E-state index contributed by atoms with van der Waals surface area (Å²) < 4.78 is 15.6. The van der Waals surface area contributed by atoms with E-state index in [9.17, 15) is 0 Å². The Labute approximate surface area is 107 Å². The van der Waals surface area contributed by atoms with Crippen LogP contribution in [0.3, 0.4) is 0 Å². The summed E-state index contributed by atoms with van der Waals surface area (Å²) >= 11 is 3.46. The van der Waals surface area contributed by atoms with Crippen molar-refractivity contribution in [3.8, 4) is 0 Å². The van der Waals surface area contributed by atoms with Crippen molar-refractivity contribution in [2.24, 2.45) is 0 Å². The first-order valence-electron chi connectivity index (χ1n) is 5.63. The molecule has 0 heterocycles. The van der Waals surface area contributed by atoms with Crippen molar-refractivity contribution in [3.63, 3.8) is 0 Å². The molecule has 0 rings (SSSR count). The average Bonchev–Trinajstić information content (AvgIpc) is 2.31. The molecular weight excluding hydrogens is 274 g/mol. The summed E-state index contributed by atoms with van der Waals surface area (Å²) in [5.74, 6) is 0. The third kappa shape index (κ3) is 9.54. The number of alkyl halides is 1. The second kappa shape index (κ2) is 11.8. The van der Waals surface area contributed by atoms with E-state index in [1.807, 2.05) is 0 Å². The number of likely N-dealkylation sites (N-methyl/N-ethyl adjacent to an activating group) is 1. The molecule has 0 aromatic rings. The molecule has 0 bridgehead atoms. The quantitative estimate of drug-likeness (QED) is 0.426. The third-order valence-corrected chi connectivity index (χ3v) is 3.30. The number of hydrogen-bond acceptors (Lipinski definition) is 4. The fourth-order valence-electron chi connectivity index (χ4n) is 1.01. The van der Waals surface area contributed by atoms with Crippen LogP contribution in [0.15, 0.2) is 0 Å². The van der Waals surface area contributed by atoms with E-state index in [0.717, 1.165) is 18.5 Å². The van der Waals surface area contributed by atoms with E-state index in [2.05, 4.69) is 34.8 Å². The third-order valence-electron chi connectivity index (χ3n) is 2.37. The Kier molecular flexibility index (Phi) is 12.0. The lowest BCUT2D eigenvalue weighted by atomic mass is 10.3. The Morgan fingerprint density at radius 3 is 2.19 bits per heavy atom. The Hall–Kier alpha value is 0.320. The van der Waals surface area contributed by atoms with Crippen LogP contribution >= 0.6 is 15.9 Å². The summed E-state index contributed by atoms with van der Waals surface area (Å²) in [6.45, 7) is 6.46. The second-order valence-corrected chi connectivity index (χ2v) is 4.35. The Balaban J connectivity index is 3.14. The monoisotopic (exact) mass is 297 g/mol. The lowest BCUT2D eigenvalue weighted by Crippen LogP contribution is -2.33. The van der Waals surface area contributed by atoms with Crippen molar-refractivity contribution in [2.45, 2.75) is 13.0 Å². The summed E-state index contributed by atoms with van der Waals surface area (Å²) in [5.41, 5.74) is 0. The molecule has 1 unspecified atom stereocenters. The van der Waals surface area contributed by atoms with Gasteiger partial charge in [0.05, 0.1) is 33.0 Å². The highest BCUT2D eigenvalue weighted by atomic mass is 79.9. The van der Waals surface area contributed by atoms with Crippen molar-refractivity contribution in [1.82, 2.24) is 4.90 Å². The maximum absolute atomic E-state index is 5.46. The van der Waals surface area contributed by atoms with E-state index in [-0.39, 0.29) is 0 Å². The highest BCUT2D eigenvalue weighted by Gasteiger charge is 2.05. The molecule has 0 radical (unpaired) electrons. The molecule has 0 saturated carbocycles. The number of methoxy groups -OCH3 is 1. The van der Waals surface area contributed by atoms with Crippen LogP contribution in [0.1, 0.15) is 6.92 Å². The SMILES string of the molecule is COCCOCCOCCN(C)C(C)CBr. The number of rotatable bonds is 11. The van der Waals surface area contributed by atoms with Gasteiger partial charge >= 0.3 is 0 Å². The minimum atomic E-state index is 0.543. The molecule has 1 atom stereocenters. The zero-order valence-corrected chi connectivity index (χ0v) is 12.2. The number of hydrogen-bond donors (Lipinski definition) is 0.